The van der Waals surface area contributed by atoms with Gasteiger partial charge in [-0.2, -0.15) is 23.5 Å². The first-order chi connectivity index (χ1) is 23.5. The van der Waals surface area contributed by atoms with Gasteiger partial charge in [0.05, 0.1) is 23.0 Å². The molecule has 0 atom stereocenters. The van der Waals surface area contributed by atoms with Crippen LogP contribution in [0.25, 0.3) is 21.5 Å². The van der Waals surface area contributed by atoms with E-state index in [2.05, 4.69) is 9.66 Å². The molecule has 1 fully saturated rings. The molecule has 1 aliphatic heterocycles. The number of hydrogen-bond acceptors (Lipinski definition) is 11. The van der Waals surface area contributed by atoms with Gasteiger partial charge in [-0.15, -0.1) is 9.66 Å². The lowest BCUT2D eigenvalue weighted by Gasteiger charge is -2.25. The highest BCUT2D eigenvalue weighted by molar-refractivity contribution is 8.02. The molecule has 0 bridgehead atoms. The van der Waals surface area contributed by atoms with Crippen LogP contribution < -0.4 is 19.5 Å². The summed E-state index contributed by atoms with van der Waals surface area (Å²) >= 11 is 3.52. The van der Waals surface area contributed by atoms with Crippen molar-refractivity contribution in [3.63, 3.8) is 0 Å². The van der Waals surface area contributed by atoms with Crippen LogP contribution in [0.15, 0.2) is 82.6 Å². The van der Waals surface area contributed by atoms with E-state index >= 15 is 0 Å². The Labute approximate surface area is 299 Å². The molecule has 0 aliphatic carbocycles. The first-order valence-electron chi connectivity index (χ1n) is 16.1. The minimum atomic E-state index is -3.89. The number of hydrazine groups is 2. The molecule has 0 saturated carbocycles. The average Bonchev–Trinajstić information content (AvgIpc) is 3.07. The summed E-state index contributed by atoms with van der Waals surface area (Å²) in [6, 6.07) is 22.0. The van der Waals surface area contributed by atoms with Gasteiger partial charge in [-0.05, 0) is 24.3 Å². The van der Waals surface area contributed by atoms with Crippen LogP contribution in [-0.2, 0) is 24.8 Å². The molecular weight excluding hydrogens is 701 g/mol. The lowest BCUT2D eigenvalue weighted by atomic mass is 10.1. The fourth-order valence-electron chi connectivity index (χ4n) is 5.75. The third kappa shape index (κ3) is 9.60. The van der Waals surface area contributed by atoms with Crippen LogP contribution in [0.3, 0.4) is 0 Å². The maximum absolute atomic E-state index is 13.8. The number of benzene rings is 4. The van der Waals surface area contributed by atoms with Gasteiger partial charge < -0.3 is 14.5 Å². The standard InChI is InChI=1S/C34H46N6O5S4/c1-37(2)31-13-5-11-29-27(31)9-7-15-33(29)48(41,42)35-39-17-21-45-22-18-40(20-24-47-26-25-46-23-19-39)36-49(43,44)34-16-8-10-28-30(34)12-6-14-32(28)38(3)4/h5-16,35-36H,17-26H2,1-4H3. The van der Waals surface area contributed by atoms with Crippen molar-refractivity contribution in [1.82, 2.24) is 19.7 Å². The van der Waals surface area contributed by atoms with Gasteiger partial charge in [0.25, 0.3) is 20.0 Å². The van der Waals surface area contributed by atoms with E-state index in [1.807, 2.05) is 86.5 Å². The van der Waals surface area contributed by atoms with E-state index < -0.39 is 20.0 Å². The minimum Gasteiger partial charge on any atom is -0.379 e. The Hall–Kier alpha value is -2.60. The number of fused-ring (bicyclic) bond motifs is 2. The lowest BCUT2D eigenvalue weighted by molar-refractivity contribution is 0.0760. The highest BCUT2D eigenvalue weighted by Gasteiger charge is 2.24. The number of nitrogens with zero attached hydrogens (tertiary/aromatic N) is 4. The van der Waals surface area contributed by atoms with Gasteiger partial charge >= 0.3 is 0 Å². The number of ether oxygens (including phenoxy) is 1. The summed E-state index contributed by atoms with van der Waals surface area (Å²) in [5.74, 6) is 3.29. The number of nitrogens with one attached hydrogen (secondary N) is 2. The van der Waals surface area contributed by atoms with Gasteiger partial charge in [-0.3, -0.25) is 0 Å². The van der Waals surface area contributed by atoms with Crippen molar-refractivity contribution < 1.29 is 21.6 Å². The summed E-state index contributed by atoms with van der Waals surface area (Å²) in [5, 5.41) is 6.45. The van der Waals surface area contributed by atoms with Gasteiger partial charge in [-0.1, -0.05) is 48.5 Å². The highest BCUT2D eigenvalue weighted by Crippen LogP contribution is 2.31. The quantitative estimate of drug-likeness (QED) is 0.269. The molecule has 266 valence electrons. The molecule has 5 rings (SSSR count). The molecule has 2 N–H and O–H groups in total. The predicted octanol–water partition coefficient (Wildman–Crippen LogP) is 4.31. The summed E-state index contributed by atoms with van der Waals surface area (Å²) < 4.78 is 61.0. The van der Waals surface area contributed by atoms with E-state index in [1.54, 1.807) is 57.8 Å². The van der Waals surface area contributed by atoms with Crippen LogP contribution in [0.2, 0.25) is 0 Å². The largest absolute Gasteiger partial charge is 0.379 e. The molecule has 0 aromatic heterocycles. The number of sulfonamides is 2. The molecule has 11 nitrogen and oxygen atoms in total. The second-order valence-electron chi connectivity index (χ2n) is 12.0. The summed E-state index contributed by atoms with van der Waals surface area (Å²) in [4.78, 5) is 10.0. The van der Waals surface area contributed by atoms with Crippen molar-refractivity contribution in [2.45, 2.75) is 9.79 Å². The Morgan fingerprint density at radius 1 is 0.551 bits per heavy atom. The first-order valence-corrected chi connectivity index (χ1v) is 21.4. The van der Waals surface area contributed by atoms with Crippen molar-refractivity contribution in [2.75, 3.05) is 100 Å². The summed E-state index contributed by atoms with van der Waals surface area (Å²) in [6.45, 7) is 2.21. The van der Waals surface area contributed by atoms with Crippen LogP contribution >= 0.6 is 23.5 Å². The molecule has 4 aromatic carbocycles. The molecule has 1 saturated heterocycles. The van der Waals surface area contributed by atoms with Gasteiger partial charge in [-0.25, -0.2) is 26.9 Å². The molecule has 0 unspecified atom stereocenters. The fourth-order valence-corrected chi connectivity index (χ4v) is 10.5. The molecule has 15 heteroatoms. The third-order valence-electron chi connectivity index (χ3n) is 8.15. The molecular formula is C34H46N6O5S4. The molecule has 0 amide bonds. The SMILES string of the molecule is CN(C)c1cccc2c(S(=O)(=O)NN3CCOCCN(NS(=O)(=O)c4cccc5c(N(C)C)cccc45)CCSCCSCC3)cccc12. The summed E-state index contributed by atoms with van der Waals surface area (Å²) in [5.41, 5.74) is 1.89. The van der Waals surface area contributed by atoms with E-state index in [-0.39, 0.29) is 23.0 Å². The van der Waals surface area contributed by atoms with Gasteiger partial charge in [0, 0.05) is 110 Å². The molecule has 4 aromatic rings. The predicted molar refractivity (Wildman–Crippen MR) is 206 cm³/mol. The number of hydrogen-bond donors (Lipinski definition) is 2. The Morgan fingerprint density at radius 3 is 1.35 bits per heavy atom. The van der Waals surface area contributed by atoms with Crippen molar-refractivity contribution in [3.8, 4) is 0 Å². The smallest absolute Gasteiger partial charge is 0.254 e. The maximum Gasteiger partial charge on any atom is 0.254 e. The lowest BCUT2D eigenvalue weighted by Crippen LogP contribution is -2.46. The van der Waals surface area contributed by atoms with Gasteiger partial charge in [0.15, 0.2) is 0 Å². The molecule has 49 heavy (non-hydrogen) atoms. The molecule has 0 spiro atoms. The van der Waals surface area contributed by atoms with E-state index in [0.29, 0.717) is 37.0 Å². The molecule has 0 radical (unpaired) electrons. The van der Waals surface area contributed by atoms with Gasteiger partial charge in [0.1, 0.15) is 0 Å². The van der Waals surface area contributed by atoms with E-state index in [4.69, 9.17) is 4.74 Å². The van der Waals surface area contributed by atoms with Crippen LogP contribution in [0.5, 0.6) is 0 Å². The van der Waals surface area contributed by atoms with Crippen LogP contribution in [0, 0.1) is 0 Å². The Balaban J connectivity index is 1.27. The number of rotatable bonds is 8. The number of thioether (sulfide) groups is 2. The van der Waals surface area contributed by atoms with Crippen molar-refractivity contribution in [1.29, 1.82) is 0 Å². The van der Waals surface area contributed by atoms with Crippen LogP contribution in [0.4, 0.5) is 11.4 Å². The van der Waals surface area contributed by atoms with Crippen LogP contribution in [-0.4, -0.2) is 117 Å². The first kappa shape index (κ1) is 37.7. The Morgan fingerprint density at radius 2 is 0.939 bits per heavy atom. The fraction of sp³-hybridized carbons (Fsp3) is 0.412. The molecule has 1 heterocycles. The Bertz CT molecular complexity index is 1800. The van der Waals surface area contributed by atoms with E-state index in [9.17, 15) is 16.8 Å². The van der Waals surface area contributed by atoms with Crippen LogP contribution in [0.1, 0.15) is 0 Å². The summed E-state index contributed by atoms with van der Waals surface area (Å²) in [7, 11) is -0.0317. The topological polar surface area (TPSA) is 115 Å². The Kier molecular flexibility index (Phi) is 13.1. The normalized spacial score (nSPS) is 17.1. The van der Waals surface area contributed by atoms with Gasteiger partial charge in [0.2, 0.25) is 0 Å². The van der Waals surface area contributed by atoms with Crippen molar-refractivity contribution >= 4 is 76.5 Å². The van der Waals surface area contributed by atoms with Crippen molar-refractivity contribution in [2.24, 2.45) is 0 Å². The van der Waals surface area contributed by atoms with Crippen molar-refractivity contribution in [3.05, 3.63) is 72.8 Å². The second kappa shape index (κ2) is 17.1. The van der Waals surface area contributed by atoms with E-state index in [1.165, 1.54) is 0 Å². The zero-order valence-electron chi connectivity index (χ0n) is 28.5. The average molecular weight is 747 g/mol. The molecule has 1 aliphatic rings. The monoisotopic (exact) mass is 746 g/mol. The second-order valence-corrected chi connectivity index (χ2v) is 17.8. The minimum absolute atomic E-state index is 0.224. The maximum atomic E-state index is 13.8. The summed E-state index contributed by atoms with van der Waals surface area (Å²) in [6.07, 6.45) is 0. The zero-order chi connectivity index (χ0) is 35.0. The zero-order valence-corrected chi connectivity index (χ0v) is 31.7. The third-order valence-corrected chi connectivity index (χ3v) is 13.2. The van der Waals surface area contributed by atoms with E-state index in [0.717, 1.165) is 45.2 Å². The highest BCUT2D eigenvalue weighted by atomic mass is 32.2. The number of anilines is 2.